The molecule has 0 aliphatic rings. The number of halogens is 2. The van der Waals surface area contributed by atoms with Crippen LogP contribution in [0.15, 0.2) is 6.20 Å². The van der Waals surface area contributed by atoms with Crippen LogP contribution in [0, 0.1) is 12.7 Å². The van der Waals surface area contributed by atoms with E-state index in [0.29, 0.717) is 12.1 Å². The van der Waals surface area contributed by atoms with Gasteiger partial charge in [-0.2, -0.15) is 0 Å². The molecule has 0 aliphatic heterocycles. The molecule has 0 radical (unpaired) electrons. The minimum atomic E-state index is -0.693. The number of hydrogen-bond acceptors (Lipinski definition) is 3. The lowest BCUT2D eigenvalue weighted by Gasteiger charge is -2.08. The number of pyridine rings is 1. The number of nitrogens with zero attached hydrogens (tertiary/aromatic N) is 1. The normalized spacial score (nSPS) is 10.1. The average Bonchev–Trinajstić information content (AvgIpc) is 2.19. The summed E-state index contributed by atoms with van der Waals surface area (Å²) in [5.74, 6) is -1.12. The van der Waals surface area contributed by atoms with Crippen LogP contribution in [-0.4, -0.2) is 11.0 Å². The van der Waals surface area contributed by atoms with E-state index in [-0.39, 0.29) is 17.2 Å². The van der Waals surface area contributed by atoms with Crippen LogP contribution in [-0.2, 0) is 4.79 Å². The predicted octanol–water partition coefficient (Wildman–Crippen LogP) is 2.89. The van der Waals surface area contributed by atoms with Crippen LogP contribution < -0.4 is 4.74 Å². The lowest BCUT2D eigenvalue weighted by molar-refractivity contribution is -0.134. The first kappa shape index (κ1) is 11.9. The molecule has 82 valence electrons. The van der Waals surface area contributed by atoms with Gasteiger partial charge in [0.1, 0.15) is 5.02 Å². The van der Waals surface area contributed by atoms with E-state index in [1.54, 1.807) is 6.92 Å². The second-order valence-electron chi connectivity index (χ2n) is 3.06. The summed E-state index contributed by atoms with van der Waals surface area (Å²) in [6, 6.07) is 0. The molecule has 1 heterocycles. The molecule has 0 amide bonds. The summed E-state index contributed by atoms with van der Waals surface area (Å²) in [6.45, 7) is 3.44. The number of ether oxygens (including phenoxy) is 1. The zero-order chi connectivity index (χ0) is 11.4. The van der Waals surface area contributed by atoms with Crippen molar-refractivity contribution in [3.05, 3.63) is 22.7 Å². The molecule has 0 bridgehead atoms. The highest BCUT2D eigenvalue weighted by atomic mass is 35.5. The molecule has 0 unspecified atom stereocenters. The van der Waals surface area contributed by atoms with E-state index in [0.717, 1.165) is 6.20 Å². The Labute approximate surface area is 92.2 Å². The molecule has 0 aromatic carbocycles. The number of esters is 1. The molecule has 3 nitrogen and oxygen atoms in total. The number of hydrogen-bond donors (Lipinski definition) is 0. The van der Waals surface area contributed by atoms with Crippen LogP contribution in [0.1, 0.15) is 25.5 Å². The fourth-order valence-electron chi connectivity index (χ4n) is 1.02. The topological polar surface area (TPSA) is 39.2 Å². The van der Waals surface area contributed by atoms with Crippen molar-refractivity contribution in [3.63, 3.8) is 0 Å². The van der Waals surface area contributed by atoms with Crippen molar-refractivity contribution < 1.29 is 13.9 Å². The summed E-state index contributed by atoms with van der Waals surface area (Å²) in [4.78, 5) is 14.9. The lowest BCUT2D eigenvalue weighted by atomic mass is 10.3. The lowest BCUT2D eigenvalue weighted by Crippen LogP contribution is -2.09. The molecular formula is C10H11ClFNO2. The third-order valence-corrected chi connectivity index (χ3v) is 2.13. The van der Waals surface area contributed by atoms with Crippen LogP contribution in [0.4, 0.5) is 4.39 Å². The molecule has 0 saturated carbocycles. The first-order valence-corrected chi connectivity index (χ1v) is 4.95. The molecule has 0 spiro atoms. The van der Waals surface area contributed by atoms with E-state index in [2.05, 4.69) is 4.98 Å². The maximum absolute atomic E-state index is 13.0. The number of rotatable bonds is 3. The number of carbonyl (C=O) groups excluding carboxylic acids is 1. The van der Waals surface area contributed by atoms with Gasteiger partial charge in [-0.15, -0.1) is 0 Å². The summed E-state index contributed by atoms with van der Waals surface area (Å²) in [6.07, 6.45) is 1.93. The Kier molecular flexibility index (Phi) is 4.03. The standard InChI is InChI=1S/C10H11ClFNO2/c1-3-4-8(14)15-10-6(2)13-5-7(12)9(10)11/h5H,3-4H2,1-2H3. The quantitative estimate of drug-likeness (QED) is 0.751. The fraction of sp³-hybridized carbons (Fsp3) is 0.400. The van der Waals surface area contributed by atoms with Gasteiger partial charge in [0.15, 0.2) is 11.6 Å². The summed E-state index contributed by atoms with van der Waals surface area (Å²) >= 11 is 5.65. The molecule has 0 fully saturated rings. The monoisotopic (exact) mass is 231 g/mol. The van der Waals surface area contributed by atoms with Crippen molar-refractivity contribution in [2.24, 2.45) is 0 Å². The molecule has 1 aromatic heterocycles. The molecular weight excluding hydrogens is 221 g/mol. The van der Waals surface area contributed by atoms with Gasteiger partial charge in [-0.3, -0.25) is 9.78 Å². The van der Waals surface area contributed by atoms with Crippen molar-refractivity contribution in [2.45, 2.75) is 26.7 Å². The Hall–Kier alpha value is -1.16. The molecule has 0 saturated heterocycles. The number of aromatic nitrogens is 1. The predicted molar refractivity (Wildman–Crippen MR) is 54.5 cm³/mol. The largest absolute Gasteiger partial charge is 0.423 e. The summed E-state index contributed by atoms with van der Waals surface area (Å²) in [5.41, 5.74) is 0.394. The number of carbonyl (C=O) groups is 1. The first-order valence-electron chi connectivity index (χ1n) is 4.57. The second-order valence-corrected chi connectivity index (χ2v) is 3.44. The minimum Gasteiger partial charge on any atom is -0.423 e. The molecule has 1 aromatic rings. The Balaban J connectivity index is 2.93. The highest BCUT2D eigenvalue weighted by Gasteiger charge is 2.15. The Bertz CT molecular complexity index is 382. The van der Waals surface area contributed by atoms with Gasteiger partial charge in [0, 0.05) is 6.42 Å². The highest BCUT2D eigenvalue weighted by molar-refractivity contribution is 6.32. The van der Waals surface area contributed by atoms with E-state index in [1.165, 1.54) is 0 Å². The third-order valence-electron chi connectivity index (χ3n) is 1.78. The molecule has 5 heteroatoms. The molecule has 15 heavy (non-hydrogen) atoms. The van der Waals surface area contributed by atoms with Gasteiger partial charge in [-0.25, -0.2) is 4.39 Å². The van der Waals surface area contributed by atoms with E-state index in [9.17, 15) is 9.18 Å². The Morgan fingerprint density at radius 2 is 2.33 bits per heavy atom. The molecule has 0 N–H and O–H groups in total. The van der Waals surface area contributed by atoms with E-state index < -0.39 is 11.8 Å². The summed E-state index contributed by atoms with van der Waals surface area (Å²) in [5, 5.41) is -0.202. The van der Waals surface area contributed by atoms with Crippen molar-refractivity contribution in [2.75, 3.05) is 0 Å². The van der Waals surface area contributed by atoms with Crippen LogP contribution in [0.5, 0.6) is 5.75 Å². The van der Waals surface area contributed by atoms with E-state index in [4.69, 9.17) is 16.3 Å². The zero-order valence-corrected chi connectivity index (χ0v) is 9.27. The van der Waals surface area contributed by atoms with Gasteiger partial charge < -0.3 is 4.74 Å². The zero-order valence-electron chi connectivity index (χ0n) is 8.51. The van der Waals surface area contributed by atoms with Crippen LogP contribution in [0.2, 0.25) is 5.02 Å². The maximum atomic E-state index is 13.0. The van der Waals surface area contributed by atoms with E-state index in [1.807, 2.05) is 6.92 Å². The van der Waals surface area contributed by atoms with Crippen LogP contribution >= 0.6 is 11.6 Å². The SMILES string of the molecule is CCCC(=O)Oc1c(C)ncc(F)c1Cl. The summed E-state index contributed by atoms with van der Waals surface area (Å²) in [7, 11) is 0. The van der Waals surface area contributed by atoms with Crippen LogP contribution in [0.3, 0.4) is 0 Å². The van der Waals surface area contributed by atoms with Gasteiger partial charge in [0.05, 0.1) is 11.9 Å². The van der Waals surface area contributed by atoms with Gasteiger partial charge in [-0.05, 0) is 13.3 Å². The smallest absolute Gasteiger partial charge is 0.311 e. The van der Waals surface area contributed by atoms with Gasteiger partial charge in [0.2, 0.25) is 0 Å². The summed E-state index contributed by atoms with van der Waals surface area (Å²) < 4.78 is 17.9. The van der Waals surface area contributed by atoms with Crippen molar-refractivity contribution in [1.82, 2.24) is 4.98 Å². The minimum absolute atomic E-state index is 0.00937. The average molecular weight is 232 g/mol. The van der Waals surface area contributed by atoms with Crippen molar-refractivity contribution in [1.29, 1.82) is 0 Å². The second kappa shape index (κ2) is 5.07. The molecule has 0 atom stereocenters. The Morgan fingerprint density at radius 3 is 2.93 bits per heavy atom. The van der Waals surface area contributed by atoms with Gasteiger partial charge in [-0.1, -0.05) is 18.5 Å². The maximum Gasteiger partial charge on any atom is 0.311 e. The first-order chi connectivity index (χ1) is 7.06. The number of aryl methyl sites for hydroxylation is 1. The van der Waals surface area contributed by atoms with Gasteiger partial charge >= 0.3 is 5.97 Å². The van der Waals surface area contributed by atoms with Crippen molar-refractivity contribution in [3.8, 4) is 5.75 Å². The Morgan fingerprint density at radius 1 is 1.67 bits per heavy atom. The third kappa shape index (κ3) is 2.89. The van der Waals surface area contributed by atoms with E-state index >= 15 is 0 Å². The van der Waals surface area contributed by atoms with Crippen molar-refractivity contribution >= 4 is 17.6 Å². The fourth-order valence-corrected chi connectivity index (χ4v) is 1.25. The highest BCUT2D eigenvalue weighted by Crippen LogP contribution is 2.29. The van der Waals surface area contributed by atoms with Crippen LogP contribution in [0.25, 0.3) is 0 Å². The van der Waals surface area contributed by atoms with Gasteiger partial charge in [0.25, 0.3) is 0 Å². The molecule has 1 rings (SSSR count). The molecule has 0 aliphatic carbocycles.